The maximum atomic E-state index is 5.56. The standard InChI is InChI=1S/C17H23N3OS/c1-13-9-10-22-16(13)12-20-17(18-2)19-11-15(21-3)14-7-5-4-6-8-14/h4-10,15H,11-12H2,1-3H3,(H2,18,19,20). The van der Waals surface area contributed by atoms with Crippen LogP contribution in [0.25, 0.3) is 0 Å². The van der Waals surface area contributed by atoms with E-state index in [1.807, 2.05) is 18.2 Å². The second kappa shape index (κ2) is 8.56. The predicted molar refractivity (Wildman–Crippen MR) is 93.4 cm³/mol. The molecule has 0 saturated carbocycles. The molecular weight excluding hydrogens is 294 g/mol. The van der Waals surface area contributed by atoms with Crippen molar-refractivity contribution in [2.75, 3.05) is 20.7 Å². The van der Waals surface area contributed by atoms with Crippen LogP contribution in [0.15, 0.2) is 46.8 Å². The molecule has 118 valence electrons. The fourth-order valence-corrected chi connectivity index (χ4v) is 3.01. The lowest BCUT2D eigenvalue weighted by molar-refractivity contribution is 0.106. The minimum Gasteiger partial charge on any atom is -0.375 e. The maximum Gasteiger partial charge on any atom is 0.191 e. The van der Waals surface area contributed by atoms with Crippen LogP contribution in [0.4, 0.5) is 0 Å². The number of nitrogens with zero attached hydrogens (tertiary/aromatic N) is 1. The molecule has 0 aliphatic heterocycles. The van der Waals surface area contributed by atoms with Crippen molar-refractivity contribution in [1.29, 1.82) is 0 Å². The molecule has 0 spiro atoms. The first-order valence-corrected chi connectivity index (χ1v) is 8.17. The topological polar surface area (TPSA) is 45.7 Å². The number of benzene rings is 1. The number of nitrogens with one attached hydrogen (secondary N) is 2. The third-order valence-corrected chi connectivity index (χ3v) is 4.54. The van der Waals surface area contributed by atoms with E-state index < -0.39 is 0 Å². The van der Waals surface area contributed by atoms with Crippen LogP contribution < -0.4 is 10.6 Å². The Balaban J connectivity index is 1.86. The third kappa shape index (κ3) is 4.58. The molecule has 1 aromatic carbocycles. The van der Waals surface area contributed by atoms with E-state index >= 15 is 0 Å². The summed E-state index contributed by atoms with van der Waals surface area (Å²) in [4.78, 5) is 5.59. The summed E-state index contributed by atoms with van der Waals surface area (Å²) in [5, 5.41) is 8.77. The van der Waals surface area contributed by atoms with Gasteiger partial charge >= 0.3 is 0 Å². The average Bonchev–Trinajstić information content (AvgIpc) is 2.97. The number of thiophene rings is 1. The zero-order valence-electron chi connectivity index (χ0n) is 13.3. The Morgan fingerprint density at radius 1 is 1.23 bits per heavy atom. The van der Waals surface area contributed by atoms with Gasteiger partial charge in [-0.1, -0.05) is 30.3 Å². The number of ether oxygens (including phenoxy) is 1. The van der Waals surface area contributed by atoms with Crippen molar-refractivity contribution >= 4 is 17.3 Å². The highest BCUT2D eigenvalue weighted by Gasteiger charge is 2.10. The lowest BCUT2D eigenvalue weighted by atomic mass is 10.1. The third-order valence-electron chi connectivity index (χ3n) is 3.52. The van der Waals surface area contributed by atoms with Gasteiger partial charge in [0.2, 0.25) is 0 Å². The Hall–Kier alpha value is -1.85. The van der Waals surface area contributed by atoms with Gasteiger partial charge < -0.3 is 15.4 Å². The molecule has 0 bridgehead atoms. The molecule has 4 nitrogen and oxygen atoms in total. The van der Waals surface area contributed by atoms with Gasteiger partial charge in [0.05, 0.1) is 12.6 Å². The van der Waals surface area contributed by atoms with E-state index in [1.165, 1.54) is 10.4 Å². The molecule has 1 aromatic heterocycles. The van der Waals surface area contributed by atoms with Gasteiger partial charge in [-0.2, -0.15) is 0 Å². The van der Waals surface area contributed by atoms with Crippen LogP contribution in [0.1, 0.15) is 22.1 Å². The Bertz CT molecular complexity index is 595. The van der Waals surface area contributed by atoms with E-state index in [0.717, 1.165) is 18.1 Å². The smallest absolute Gasteiger partial charge is 0.191 e. The summed E-state index contributed by atoms with van der Waals surface area (Å²) in [5.41, 5.74) is 2.47. The molecule has 5 heteroatoms. The molecule has 1 heterocycles. The quantitative estimate of drug-likeness (QED) is 0.636. The normalized spacial score (nSPS) is 13.0. The average molecular weight is 317 g/mol. The first-order valence-electron chi connectivity index (χ1n) is 7.29. The first-order chi connectivity index (χ1) is 10.7. The van der Waals surface area contributed by atoms with Gasteiger partial charge in [-0.15, -0.1) is 11.3 Å². The molecule has 0 amide bonds. The zero-order chi connectivity index (χ0) is 15.8. The van der Waals surface area contributed by atoms with Crippen molar-refractivity contribution in [3.63, 3.8) is 0 Å². The minimum atomic E-state index is 0.00299. The maximum absolute atomic E-state index is 5.56. The fourth-order valence-electron chi connectivity index (χ4n) is 2.16. The Kier molecular flexibility index (Phi) is 6.43. The highest BCUT2D eigenvalue weighted by atomic mass is 32.1. The van der Waals surface area contributed by atoms with E-state index in [4.69, 9.17) is 4.74 Å². The van der Waals surface area contributed by atoms with E-state index in [1.54, 1.807) is 25.5 Å². The second-order valence-corrected chi connectivity index (χ2v) is 5.97. The molecule has 0 radical (unpaired) electrons. The lowest BCUT2D eigenvalue weighted by Crippen LogP contribution is -2.39. The van der Waals surface area contributed by atoms with Crippen LogP contribution in [-0.4, -0.2) is 26.7 Å². The molecule has 0 aliphatic rings. The van der Waals surface area contributed by atoms with Gasteiger partial charge in [0.1, 0.15) is 0 Å². The molecule has 22 heavy (non-hydrogen) atoms. The number of hydrogen-bond acceptors (Lipinski definition) is 3. The summed E-state index contributed by atoms with van der Waals surface area (Å²) in [5.74, 6) is 0.783. The van der Waals surface area contributed by atoms with Gasteiger partial charge in [0.15, 0.2) is 5.96 Å². The molecule has 0 saturated heterocycles. The van der Waals surface area contributed by atoms with Gasteiger partial charge in [0.25, 0.3) is 0 Å². The summed E-state index contributed by atoms with van der Waals surface area (Å²) in [7, 11) is 3.51. The molecule has 2 rings (SSSR count). The molecule has 0 fully saturated rings. The molecule has 0 aliphatic carbocycles. The number of guanidine groups is 1. The Labute approximate surface area is 136 Å². The number of aliphatic imine (C=N–C) groups is 1. The monoisotopic (exact) mass is 317 g/mol. The summed E-state index contributed by atoms with van der Waals surface area (Å²) >= 11 is 1.76. The van der Waals surface area contributed by atoms with Crippen LogP contribution >= 0.6 is 11.3 Å². The van der Waals surface area contributed by atoms with Gasteiger partial charge in [-0.25, -0.2) is 0 Å². The molecule has 2 N–H and O–H groups in total. The van der Waals surface area contributed by atoms with Crippen molar-refractivity contribution < 1.29 is 4.74 Å². The number of aryl methyl sites for hydroxylation is 1. The molecule has 1 atom stereocenters. The molecule has 1 unspecified atom stereocenters. The second-order valence-electron chi connectivity index (χ2n) is 4.97. The van der Waals surface area contributed by atoms with Crippen LogP contribution in [-0.2, 0) is 11.3 Å². The van der Waals surface area contributed by atoms with Gasteiger partial charge in [-0.05, 0) is 29.5 Å². The SMILES string of the molecule is CN=C(NCc1sccc1C)NCC(OC)c1ccccc1. The van der Waals surface area contributed by atoms with Crippen LogP contribution in [0, 0.1) is 6.92 Å². The van der Waals surface area contributed by atoms with Crippen molar-refractivity contribution in [2.24, 2.45) is 4.99 Å². The van der Waals surface area contributed by atoms with Crippen LogP contribution in [0.3, 0.4) is 0 Å². The minimum absolute atomic E-state index is 0.00299. The predicted octanol–water partition coefficient (Wildman–Crippen LogP) is 3.11. The van der Waals surface area contributed by atoms with Crippen molar-refractivity contribution in [3.05, 3.63) is 57.8 Å². The zero-order valence-corrected chi connectivity index (χ0v) is 14.1. The lowest BCUT2D eigenvalue weighted by Gasteiger charge is -2.18. The highest BCUT2D eigenvalue weighted by Crippen LogP contribution is 2.16. The largest absolute Gasteiger partial charge is 0.375 e. The molecular formula is C17H23N3OS. The fraction of sp³-hybridized carbons (Fsp3) is 0.353. The van der Waals surface area contributed by atoms with Crippen LogP contribution in [0.5, 0.6) is 0 Å². The van der Waals surface area contributed by atoms with Crippen molar-refractivity contribution in [1.82, 2.24) is 10.6 Å². The molecule has 2 aromatic rings. The summed E-state index contributed by atoms with van der Waals surface area (Å²) in [6.45, 7) is 3.58. The Morgan fingerprint density at radius 3 is 2.59 bits per heavy atom. The Morgan fingerprint density at radius 2 is 2.00 bits per heavy atom. The summed E-state index contributed by atoms with van der Waals surface area (Å²) in [6.07, 6.45) is 0.00299. The van der Waals surface area contributed by atoms with Crippen molar-refractivity contribution in [2.45, 2.75) is 19.6 Å². The van der Waals surface area contributed by atoms with E-state index in [0.29, 0.717) is 6.54 Å². The summed E-state index contributed by atoms with van der Waals surface area (Å²) in [6, 6.07) is 12.3. The van der Waals surface area contributed by atoms with E-state index in [9.17, 15) is 0 Å². The number of methoxy groups -OCH3 is 1. The number of rotatable bonds is 6. The van der Waals surface area contributed by atoms with Gasteiger partial charge in [0, 0.05) is 25.6 Å². The highest BCUT2D eigenvalue weighted by molar-refractivity contribution is 7.10. The van der Waals surface area contributed by atoms with Crippen molar-refractivity contribution in [3.8, 4) is 0 Å². The van der Waals surface area contributed by atoms with Crippen LogP contribution in [0.2, 0.25) is 0 Å². The van der Waals surface area contributed by atoms with E-state index in [-0.39, 0.29) is 6.10 Å². The van der Waals surface area contributed by atoms with E-state index in [2.05, 4.69) is 46.1 Å². The number of hydrogen-bond donors (Lipinski definition) is 2. The summed E-state index contributed by atoms with van der Waals surface area (Å²) < 4.78 is 5.56. The first kappa shape index (κ1) is 16.5. The van der Waals surface area contributed by atoms with Gasteiger partial charge in [-0.3, -0.25) is 4.99 Å².